The number of anilines is 1. The molecule has 0 spiro atoms. The highest BCUT2D eigenvalue weighted by Gasteiger charge is 2.12. The van der Waals surface area contributed by atoms with Gasteiger partial charge in [-0.25, -0.2) is 0 Å². The fraction of sp³-hybridized carbons (Fsp3) is 0.462. The Morgan fingerprint density at radius 2 is 1.94 bits per heavy atom. The van der Waals surface area contributed by atoms with Crippen LogP contribution >= 0.6 is 15.9 Å². The van der Waals surface area contributed by atoms with Crippen LogP contribution in [0.5, 0.6) is 0 Å². The van der Waals surface area contributed by atoms with E-state index in [4.69, 9.17) is 0 Å². The van der Waals surface area contributed by atoms with Crippen molar-refractivity contribution in [2.45, 2.75) is 20.8 Å². The fourth-order valence-corrected chi connectivity index (χ4v) is 1.83. The zero-order chi connectivity index (χ0) is 13.0. The summed E-state index contributed by atoms with van der Waals surface area (Å²) < 4.78 is 5.81. The number of rotatable bonds is 4. The smallest absolute Gasteiger partial charge is 0.310 e. The molecular formula is C13H18BrNO2. The number of ether oxygens (including phenoxy) is 1. The van der Waals surface area contributed by atoms with Crippen LogP contribution in [0.25, 0.3) is 0 Å². The van der Waals surface area contributed by atoms with Gasteiger partial charge in [-0.3, -0.25) is 4.79 Å². The second-order valence-electron chi connectivity index (χ2n) is 4.23. The lowest BCUT2D eigenvalue weighted by molar-refractivity contribution is -0.144. The maximum absolute atomic E-state index is 11.3. The van der Waals surface area contributed by atoms with Crippen molar-refractivity contribution in [1.29, 1.82) is 0 Å². The zero-order valence-corrected chi connectivity index (χ0v) is 12.2. The molecule has 0 aliphatic heterocycles. The van der Waals surface area contributed by atoms with Crippen LogP contribution in [0.15, 0.2) is 16.6 Å². The Balaban J connectivity index is 2.67. The summed E-state index contributed by atoms with van der Waals surface area (Å²) in [5.41, 5.74) is 3.38. The van der Waals surface area contributed by atoms with Gasteiger partial charge in [0.05, 0.1) is 13.0 Å². The van der Waals surface area contributed by atoms with E-state index in [2.05, 4.69) is 38.1 Å². The number of methoxy groups -OCH3 is 1. The first-order valence-corrected chi connectivity index (χ1v) is 6.33. The third-order valence-electron chi connectivity index (χ3n) is 2.65. The molecule has 17 heavy (non-hydrogen) atoms. The summed E-state index contributed by atoms with van der Waals surface area (Å²) in [6.45, 7) is 6.52. The zero-order valence-electron chi connectivity index (χ0n) is 10.6. The number of hydrogen-bond donors (Lipinski definition) is 1. The highest BCUT2D eigenvalue weighted by atomic mass is 79.9. The van der Waals surface area contributed by atoms with Crippen LogP contribution in [0.4, 0.5) is 5.69 Å². The molecular weight excluding hydrogens is 282 g/mol. The van der Waals surface area contributed by atoms with Crippen molar-refractivity contribution in [1.82, 2.24) is 0 Å². The van der Waals surface area contributed by atoms with Crippen molar-refractivity contribution in [3.8, 4) is 0 Å². The SMILES string of the molecule is COC(=O)C(C)CNc1cc(C)c(Br)c(C)c1. The van der Waals surface area contributed by atoms with Crippen molar-refractivity contribution < 1.29 is 9.53 Å². The van der Waals surface area contributed by atoms with Gasteiger partial charge in [-0.1, -0.05) is 22.9 Å². The molecule has 94 valence electrons. The Morgan fingerprint density at radius 3 is 2.41 bits per heavy atom. The average molecular weight is 300 g/mol. The van der Waals surface area contributed by atoms with Gasteiger partial charge in [0.25, 0.3) is 0 Å². The predicted octanol–water partition coefficient (Wildman–Crippen LogP) is 3.29. The van der Waals surface area contributed by atoms with Gasteiger partial charge in [0.2, 0.25) is 0 Å². The highest BCUT2D eigenvalue weighted by molar-refractivity contribution is 9.10. The summed E-state index contributed by atoms with van der Waals surface area (Å²) in [7, 11) is 1.41. The molecule has 0 saturated heterocycles. The molecule has 1 N–H and O–H groups in total. The van der Waals surface area contributed by atoms with Gasteiger partial charge < -0.3 is 10.1 Å². The number of halogens is 1. The van der Waals surface area contributed by atoms with E-state index in [9.17, 15) is 4.79 Å². The van der Waals surface area contributed by atoms with Gasteiger partial charge in [-0.2, -0.15) is 0 Å². The summed E-state index contributed by atoms with van der Waals surface area (Å²) in [5, 5.41) is 3.25. The molecule has 1 atom stereocenters. The molecule has 0 heterocycles. The summed E-state index contributed by atoms with van der Waals surface area (Å²) >= 11 is 3.53. The van der Waals surface area contributed by atoms with Crippen LogP contribution in [0.2, 0.25) is 0 Å². The van der Waals surface area contributed by atoms with Crippen molar-refractivity contribution in [2.75, 3.05) is 19.0 Å². The second-order valence-corrected chi connectivity index (χ2v) is 5.02. The van der Waals surface area contributed by atoms with Gasteiger partial charge in [0.1, 0.15) is 0 Å². The summed E-state index contributed by atoms with van der Waals surface area (Å²) in [5.74, 6) is -0.340. The van der Waals surface area contributed by atoms with Crippen LogP contribution in [-0.4, -0.2) is 19.6 Å². The predicted molar refractivity (Wildman–Crippen MR) is 73.3 cm³/mol. The van der Waals surface area contributed by atoms with Crippen molar-refractivity contribution >= 4 is 27.6 Å². The monoisotopic (exact) mass is 299 g/mol. The normalized spacial score (nSPS) is 12.1. The minimum atomic E-state index is -0.192. The first kappa shape index (κ1) is 14.0. The molecule has 0 aromatic heterocycles. The molecule has 0 saturated carbocycles. The Labute approximate surface area is 111 Å². The number of aryl methyl sites for hydroxylation is 2. The molecule has 0 aliphatic rings. The molecule has 0 amide bonds. The third kappa shape index (κ3) is 3.73. The number of benzene rings is 1. The fourth-order valence-electron chi connectivity index (χ4n) is 1.60. The van der Waals surface area contributed by atoms with Crippen LogP contribution in [0.1, 0.15) is 18.1 Å². The van der Waals surface area contributed by atoms with E-state index in [1.54, 1.807) is 0 Å². The molecule has 0 radical (unpaired) electrons. The number of esters is 1. The minimum absolute atomic E-state index is 0.149. The maximum atomic E-state index is 11.3. The lowest BCUT2D eigenvalue weighted by Crippen LogP contribution is -2.21. The molecule has 3 nitrogen and oxygen atoms in total. The van der Waals surface area contributed by atoms with Crippen molar-refractivity contribution in [2.24, 2.45) is 5.92 Å². The Bertz CT molecular complexity index is 395. The lowest BCUT2D eigenvalue weighted by atomic mass is 10.1. The number of carbonyl (C=O) groups excluding carboxylic acids is 1. The lowest BCUT2D eigenvalue weighted by Gasteiger charge is -2.13. The highest BCUT2D eigenvalue weighted by Crippen LogP contribution is 2.25. The quantitative estimate of drug-likeness (QED) is 0.867. The molecule has 1 unspecified atom stereocenters. The van der Waals surface area contributed by atoms with Crippen LogP contribution in [-0.2, 0) is 9.53 Å². The molecule has 0 aliphatic carbocycles. The Morgan fingerprint density at radius 1 is 1.41 bits per heavy atom. The Hall–Kier alpha value is -1.03. The third-order valence-corrected chi connectivity index (χ3v) is 3.90. The molecule has 1 aromatic rings. The Kier molecular flexibility index (Phi) is 5.00. The number of nitrogens with one attached hydrogen (secondary N) is 1. The molecule has 1 aromatic carbocycles. The van der Waals surface area contributed by atoms with Crippen LogP contribution in [0.3, 0.4) is 0 Å². The van der Waals surface area contributed by atoms with Gasteiger partial charge in [0.15, 0.2) is 0 Å². The molecule has 1 rings (SSSR count). The van der Waals surface area contributed by atoms with Crippen molar-refractivity contribution in [3.63, 3.8) is 0 Å². The van der Waals surface area contributed by atoms with E-state index in [0.29, 0.717) is 6.54 Å². The average Bonchev–Trinajstić information content (AvgIpc) is 2.31. The van der Waals surface area contributed by atoms with E-state index in [-0.39, 0.29) is 11.9 Å². The van der Waals surface area contributed by atoms with Gasteiger partial charge >= 0.3 is 5.97 Å². The standard InChI is InChI=1S/C13H18BrNO2/c1-8-5-11(6-9(2)12(8)14)15-7-10(3)13(16)17-4/h5-6,10,15H,7H2,1-4H3. The first-order valence-electron chi connectivity index (χ1n) is 5.54. The van der Waals surface area contributed by atoms with E-state index >= 15 is 0 Å². The number of carbonyl (C=O) groups is 1. The van der Waals surface area contributed by atoms with E-state index in [1.807, 2.05) is 20.8 Å². The van der Waals surface area contributed by atoms with E-state index in [1.165, 1.54) is 18.2 Å². The van der Waals surface area contributed by atoms with Gasteiger partial charge in [0, 0.05) is 16.7 Å². The van der Waals surface area contributed by atoms with E-state index < -0.39 is 0 Å². The van der Waals surface area contributed by atoms with Crippen molar-refractivity contribution in [3.05, 3.63) is 27.7 Å². The summed E-state index contributed by atoms with van der Waals surface area (Å²) in [6.07, 6.45) is 0. The first-order chi connectivity index (χ1) is 7.95. The summed E-state index contributed by atoms with van der Waals surface area (Å²) in [6, 6.07) is 4.11. The van der Waals surface area contributed by atoms with E-state index in [0.717, 1.165) is 10.2 Å². The van der Waals surface area contributed by atoms with Gasteiger partial charge in [-0.15, -0.1) is 0 Å². The minimum Gasteiger partial charge on any atom is -0.469 e. The maximum Gasteiger partial charge on any atom is 0.310 e. The second kappa shape index (κ2) is 6.05. The van der Waals surface area contributed by atoms with Crippen LogP contribution < -0.4 is 5.32 Å². The molecule has 0 fully saturated rings. The molecule has 4 heteroatoms. The topological polar surface area (TPSA) is 38.3 Å². The number of hydrogen-bond acceptors (Lipinski definition) is 3. The summed E-state index contributed by atoms with van der Waals surface area (Å²) in [4.78, 5) is 11.3. The molecule has 0 bridgehead atoms. The van der Waals surface area contributed by atoms with Gasteiger partial charge in [-0.05, 0) is 37.1 Å². The van der Waals surface area contributed by atoms with Crippen LogP contribution in [0, 0.1) is 19.8 Å². The largest absolute Gasteiger partial charge is 0.469 e.